The Hall–Kier alpha value is -3.92. The molecule has 1 atom stereocenters. The van der Waals surface area contributed by atoms with Gasteiger partial charge in [-0.25, -0.2) is 0 Å². The second-order valence-corrected chi connectivity index (χ2v) is 13.8. The van der Waals surface area contributed by atoms with Gasteiger partial charge < -0.3 is 20.4 Å². The summed E-state index contributed by atoms with van der Waals surface area (Å²) in [5.41, 5.74) is 5.25. The van der Waals surface area contributed by atoms with Crippen molar-refractivity contribution < 1.29 is 20.4 Å². The van der Waals surface area contributed by atoms with Gasteiger partial charge >= 0.3 is 0 Å². The summed E-state index contributed by atoms with van der Waals surface area (Å²) in [5, 5.41) is 38.4. The van der Waals surface area contributed by atoms with Crippen molar-refractivity contribution in [2.45, 2.75) is 83.0 Å². The summed E-state index contributed by atoms with van der Waals surface area (Å²) in [5.74, 6) is 1.85. The van der Waals surface area contributed by atoms with Crippen LogP contribution in [0.5, 0.6) is 23.0 Å². The van der Waals surface area contributed by atoms with E-state index in [1.165, 1.54) is 47.9 Å². The molecule has 2 saturated carbocycles. The first-order chi connectivity index (χ1) is 20.5. The van der Waals surface area contributed by atoms with Gasteiger partial charge in [-0.1, -0.05) is 88.6 Å². The molecular formula is C39H46O4. The minimum atomic E-state index is -0.0669. The molecule has 4 N–H and O–H groups in total. The Balaban J connectivity index is 0.000000173. The van der Waals surface area contributed by atoms with Gasteiger partial charge in [0.05, 0.1) is 0 Å². The van der Waals surface area contributed by atoms with Crippen LogP contribution in [0.2, 0.25) is 0 Å². The van der Waals surface area contributed by atoms with E-state index in [4.69, 9.17) is 0 Å². The molecule has 2 aliphatic carbocycles. The SMILES string of the molecule is CC1CC(C)(C)CC(c2ccc(O)cc2)(c2ccc(O)cc2)C1.Oc1ccc(C2(c3ccc(O)cc3)CCCCC2)cc1. The van der Waals surface area contributed by atoms with Crippen LogP contribution in [-0.2, 0) is 10.8 Å². The molecule has 4 nitrogen and oxygen atoms in total. The Bertz CT molecular complexity index is 1370. The molecule has 4 aromatic carbocycles. The predicted octanol–water partition coefficient (Wildman–Crippen LogP) is 9.58. The van der Waals surface area contributed by atoms with Crippen molar-refractivity contribution in [2.24, 2.45) is 11.3 Å². The molecule has 226 valence electrons. The first-order valence-corrected chi connectivity index (χ1v) is 15.7. The fourth-order valence-electron chi connectivity index (χ4n) is 8.20. The highest BCUT2D eigenvalue weighted by molar-refractivity contribution is 5.45. The van der Waals surface area contributed by atoms with Crippen LogP contribution in [0.4, 0.5) is 0 Å². The van der Waals surface area contributed by atoms with Gasteiger partial charge in [0.25, 0.3) is 0 Å². The molecule has 0 aliphatic heterocycles. The summed E-state index contributed by atoms with van der Waals surface area (Å²) < 4.78 is 0. The first-order valence-electron chi connectivity index (χ1n) is 15.7. The minimum absolute atomic E-state index is 0.0274. The molecule has 0 aromatic heterocycles. The second kappa shape index (κ2) is 12.4. The van der Waals surface area contributed by atoms with E-state index in [2.05, 4.69) is 45.0 Å². The van der Waals surface area contributed by atoms with Crippen LogP contribution < -0.4 is 0 Å². The van der Waals surface area contributed by atoms with Gasteiger partial charge in [-0.3, -0.25) is 0 Å². The van der Waals surface area contributed by atoms with Crippen LogP contribution in [0.15, 0.2) is 97.1 Å². The zero-order valence-corrected chi connectivity index (χ0v) is 25.8. The molecule has 43 heavy (non-hydrogen) atoms. The summed E-state index contributed by atoms with van der Waals surface area (Å²) in [6.45, 7) is 7.02. The van der Waals surface area contributed by atoms with Crippen LogP contribution in [0.25, 0.3) is 0 Å². The summed E-state index contributed by atoms with van der Waals surface area (Å²) in [6, 6.07) is 30.6. The van der Waals surface area contributed by atoms with Crippen LogP contribution in [0.3, 0.4) is 0 Å². The average molecular weight is 579 g/mol. The van der Waals surface area contributed by atoms with Gasteiger partial charge in [0.2, 0.25) is 0 Å². The van der Waals surface area contributed by atoms with Crippen molar-refractivity contribution in [3.05, 3.63) is 119 Å². The molecule has 0 bridgehead atoms. The lowest BCUT2D eigenvalue weighted by atomic mass is 9.55. The topological polar surface area (TPSA) is 80.9 Å². The van der Waals surface area contributed by atoms with Crippen molar-refractivity contribution in [1.29, 1.82) is 0 Å². The number of hydrogen-bond donors (Lipinski definition) is 4. The maximum absolute atomic E-state index is 9.67. The summed E-state index contributed by atoms with van der Waals surface area (Å²) in [6.07, 6.45) is 9.38. The third-order valence-electron chi connectivity index (χ3n) is 9.76. The van der Waals surface area contributed by atoms with Crippen molar-refractivity contribution in [2.75, 3.05) is 0 Å². The quantitative estimate of drug-likeness (QED) is 0.194. The molecule has 0 saturated heterocycles. The van der Waals surface area contributed by atoms with E-state index >= 15 is 0 Å². The summed E-state index contributed by atoms with van der Waals surface area (Å²) in [4.78, 5) is 0. The van der Waals surface area contributed by atoms with E-state index in [1.807, 2.05) is 24.3 Å². The number of benzene rings is 4. The predicted molar refractivity (Wildman–Crippen MR) is 174 cm³/mol. The lowest BCUT2D eigenvalue weighted by Crippen LogP contribution is -2.41. The van der Waals surface area contributed by atoms with E-state index in [1.54, 1.807) is 48.5 Å². The molecule has 6 rings (SSSR count). The van der Waals surface area contributed by atoms with E-state index in [9.17, 15) is 20.4 Å². The van der Waals surface area contributed by atoms with Gasteiger partial charge in [-0.15, -0.1) is 0 Å². The molecule has 4 aromatic rings. The highest BCUT2D eigenvalue weighted by atomic mass is 16.3. The third kappa shape index (κ3) is 6.69. The lowest BCUT2D eigenvalue weighted by Gasteiger charge is -2.48. The Kier molecular flexibility index (Phi) is 8.78. The molecule has 0 radical (unpaired) electrons. The van der Waals surface area contributed by atoms with Gasteiger partial charge in [-0.2, -0.15) is 0 Å². The highest BCUT2D eigenvalue weighted by Crippen LogP contribution is 2.53. The molecular weight excluding hydrogens is 532 g/mol. The summed E-state index contributed by atoms with van der Waals surface area (Å²) >= 11 is 0. The van der Waals surface area contributed by atoms with Gasteiger partial charge in [0, 0.05) is 10.8 Å². The largest absolute Gasteiger partial charge is 0.508 e. The van der Waals surface area contributed by atoms with Crippen molar-refractivity contribution in [1.82, 2.24) is 0 Å². The molecule has 0 spiro atoms. The maximum Gasteiger partial charge on any atom is 0.115 e. The molecule has 1 unspecified atom stereocenters. The zero-order chi connectivity index (χ0) is 30.7. The second-order valence-electron chi connectivity index (χ2n) is 13.8. The van der Waals surface area contributed by atoms with Crippen LogP contribution >= 0.6 is 0 Å². The van der Waals surface area contributed by atoms with Crippen molar-refractivity contribution in [3.8, 4) is 23.0 Å². The van der Waals surface area contributed by atoms with Gasteiger partial charge in [0.15, 0.2) is 0 Å². The Morgan fingerprint density at radius 1 is 0.465 bits per heavy atom. The highest BCUT2D eigenvalue weighted by Gasteiger charge is 2.45. The Morgan fingerprint density at radius 2 is 0.791 bits per heavy atom. The molecule has 2 fully saturated rings. The van der Waals surface area contributed by atoms with Crippen molar-refractivity contribution >= 4 is 0 Å². The molecule has 4 heteroatoms. The standard InChI is InChI=1S/C21H26O2.C18H20O2/c1-15-12-20(2,3)14-21(13-15,16-4-8-18(22)9-5-16)17-6-10-19(23)11-7-17;19-16-8-4-14(5-9-16)18(12-2-1-3-13-18)15-6-10-17(20)11-7-15/h4-11,15,22-23H,12-14H2,1-3H3;4-11,19-20H,1-3,12-13H2. The summed E-state index contributed by atoms with van der Waals surface area (Å²) in [7, 11) is 0. The fraction of sp³-hybridized carbons (Fsp3) is 0.385. The maximum atomic E-state index is 9.67. The number of hydrogen-bond acceptors (Lipinski definition) is 4. The minimum Gasteiger partial charge on any atom is -0.508 e. The van der Waals surface area contributed by atoms with Gasteiger partial charge in [-0.05, 0) is 114 Å². The van der Waals surface area contributed by atoms with E-state index in [-0.39, 0.29) is 16.2 Å². The first kappa shape index (κ1) is 30.5. The van der Waals surface area contributed by atoms with E-state index in [0.717, 1.165) is 25.7 Å². The monoisotopic (exact) mass is 578 g/mol. The number of phenols is 4. The molecule has 0 heterocycles. The Labute approximate surface area is 256 Å². The number of aromatic hydroxyl groups is 4. The molecule has 2 aliphatic rings. The zero-order valence-electron chi connectivity index (χ0n) is 25.8. The third-order valence-corrected chi connectivity index (χ3v) is 9.76. The smallest absolute Gasteiger partial charge is 0.115 e. The normalized spacial score (nSPS) is 20.4. The van der Waals surface area contributed by atoms with Crippen LogP contribution in [-0.4, -0.2) is 20.4 Å². The van der Waals surface area contributed by atoms with E-state index in [0.29, 0.717) is 28.9 Å². The average Bonchev–Trinajstić information content (AvgIpc) is 2.98. The fourth-order valence-corrected chi connectivity index (χ4v) is 8.20. The van der Waals surface area contributed by atoms with Gasteiger partial charge in [0.1, 0.15) is 23.0 Å². The van der Waals surface area contributed by atoms with Crippen LogP contribution in [0.1, 0.15) is 94.4 Å². The molecule has 0 amide bonds. The van der Waals surface area contributed by atoms with Crippen LogP contribution in [0, 0.1) is 11.3 Å². The Morgan fingerprint density at radius 3 is 1.12 bits per heavy atom. The van der Waals surface area contributed by atoms with Crippen molar-refractivity contribution in [3.63, 3.8) is 0 Å². The lowest BCUT2D eigenvalue weighted by molar-refractivity contribution is 0.127. The number of phenolic OH excluding ortho intramolecular Hbond substituents is 4. The van der Waals surface area contributed by atoms with E-state index < -0.39 is 0 Å². The number of rotatable bonds is 4.